The molecule has 0 aliphatic carbocycles. The van der Waals surface area contributed by atoms with Gasteiger partial charge in [-0.1, -0.05) is 26.0 Å². The lowest BCUT2D eigenvalue weighted by Crippen LogP contribution is -2.48. The van der Waals surface area contributed by atoms with Crippen molar-refractivity contribution in [2.24, 2.45) is 5.92 Å². The number of nitro benzene ring substituents is 1. The van der Waals surface area contributed by atoms with Crippen LogP contribution in [0.4, 0.5) is 11.4 Å². The molecule has 9 nitrogen and oxygen atoms in total. The Labute approximate surface area is 172 Å². The lowest BCUT2D eigenvalue weighted by molar-refractivity contribution is -0.384. The number of fused-ring (bicyclic) bond motifs is 1. The van der Waals surface area contributed by atoms with E-state index in [0.717, 1.165) is 4.90 Å². The molecule has 1 atom stereocenters. The fourth-order valence-electron chi connectivity index (χ4n) is 3.39. The summed E-state index contributed by atoms with van der Waals surface area (Å²) in [5.74, 6) is -1.49. The summed E-state index contributed by atoms with van der Waals surface area (Å²) in [4.78, 5) is 50.3. The monoisotopic (exact) mass is 411 g/mol. The fourth-order valence-corrected chi connectivity index (χ4v) is 3.39. The molecule has 0 radical (unpaired) electrons. The topological polar surface area (TPSA) is 119 Å². The zero-order chi connectivity index (χ0) is 22.0. The highest BCUT2D eigenvalue weighted by atomic mass is 16.6. The zero-order valence-electron chi connectivity index (χ0n) is 16.7. The van der Waals surface area contributed by atoms with Crippen molar-refractivity contribution in [3.8, 4) is 5.75 Å². The third-order valence-electron chi connectivity index (χ3n) is 4.79. The van der Waals surface area contributed by atoms with Crippen LogP contribution < -0.4 is 10.1 Å². The van der Waals surface area contributed by atoms with Gasteiger partial charge in [0.1, 0.15) is 11.8 Å². The number of nitro groups is 1. The summed E-state index contributed by atoms with van der Waals surface area (Å²) in [7, 11) is 1.37. The van der Waals surface area contributed by atoms with E-state index in [1.54, 1.807) is 24.3 Å². The fraction of sp³-hybridized carbons (Fsp3) is 0.286. The van der Waals surface area contributed by atoms with E-state index in [9.17, 15) is 24.5 Å². The maximum absolute atomic E-state index is 13.1. The molecule has 0 bridgehead atoms. The quantitative estimate of drug-likeness (QED) is 0.424. The van der Waals surface area contributed by atoms with Crippen LogP contribution in [-0.4, -0.2) is 40.7 Å². The normalized spacial score (nSPS) is 13.9. The van der Waals surface area contributed by atoms with Gasteiger partial charge in [0.15, 0.2) is 0 Å². The smallest absolute Gasteiger partial charge is 0.271 e. The van der Waals surface area contributed by atoms with Crippen molar-refractivity contribution >= 4 is 29.1 Å². The predicted octanol–water partition coefficient (Wildman–Crippen LogP) is 3.25. The summed E-state index contributed by atoms with van der Waals surface area (Å²) in [6.07, 6.45) is 0.231. The van der Waals surface area contributed by atoms with Crippen LogP contribution in [0.3, 0.4) is 0 Å². The predicted molar refractivity (Wildman–Crippen MR) is 108 cm³/mol. The minimum Gasteiger partial charge on any atom is -0.495 e. The van der Waals surface area contributed by atoms with Gasteiger partial charge in [0.05, 0.1) is 28.8 Å². The standard InChI is InChI=1S/C21H21N3O6/c1-12(2)10-17(23-20(26)14-6-4-5-7-15(14)21(23)27)19(25)22-16-11-13(24(28)29)8-9-18(16)30-3/h4-9,11-12,17H,10H2,1-3H3,(H,22,25). The van der Waals surface area contributed by atoms with Crippen molar-refractivity contribution < 1.29 is 24.0 Å². The Morgan fingerprint density at radius 1 is 1.13 bits per heavy atom. The highest BCUT2D eigenvalue weighted by molar-refractivity contribution is 6.23. The lowest BCUT2D eigenvalue weighted by atomic mass is 10.0. The number of amides is 3. The number of non-ortho nitro benzene ring substituents is 1. The summed E-state index contributed by atoms with van der Waals surface area (Å²) in [6.45, 7) is 3.73. The lowest BCUT2D eigenvalue weighted by Gasteiger charge is -2.27. The van der Waals surface area contributed by atoms with Crippen LogP contribution >= 0.6 is 0 Å². The molecule has 1 N–H and O–H groups in total. The molecule has 0 saturated carbocycles. The average Bonchev–Trinajstić information content (AvgIpc) is 2.96. The third-order valence-corrected chi connectivity index (χ3v) is 4.79. The molecule has 1 heterocycles. The van der Waals surface area contributed by atoms with Gasteiger partial charge in [-0.2, -0.15) is 0 Å². The van der Waals surface area contributed by atoms with Gasteiger partial charge in [-0.15, -0.1) is 0 Å². The summed E-state index contributed by atoms with van der Waals surface area (Å²) < 4.78 is 5.18. The van der Waals surface area contributed by atoms with Gasteiger partial charge in [0.2, 0.25) is 5.91 Å². The second kappa shape index (κ2) is 8.32. The molecular weight excluding hydrogens is 390 g/mol. The van der Waals surface area contributed by atoms with Crippen molar-refractivity contribution in [2.75, 3.05) is 12.4 Å². The first kappa shape index (κ1) is 21.0. The number of hydrogen-bond donors (Lipinski definition) is 1. The Morgan fingerprint density at radius 2 is 1.73 bits per heavy atom. The van der Waals surface area contributed by atoms with Crippen molar-refractivity contribution in [1.82, 2.24) is 4.90 Å². The van der Waals surface area contributed by atoms with Crippen LogP contribution in [0.5, 0.6) is 5.75 Å². The molecule has 9 heteroatoms. The first-order valence-corrected chi connectivity index (χ1v) is 9.34. The highest BCUT2D eigenvalue weighted by Crippen LogP contribution is 2.31. The number of carbonyl (C=O) groups excluding carboxylic acids is 3. The molecule has 1 aliphatic rings. The SMILES string of the molecule is COc1ccc([N+](=O)[O-])cc1NC(=O)C(CC(C)C)N1C(=O)c2ccccc2C1=O. The van der Waals surface area contributed by atoms with Crippen molar-refractivity contribution in [1.29, 1.82) is 0 Å². The van der Waals surface area contributed by atoms with E-state index in [-0.39, 0.29) is 40.6 Å². The largest absolute Gasteiger partial charge is 0.495 e. The molecule has 0 fully saturated rings. The minimum atomic E-state index is -1.08. The number of benzene rings is 2. The Hall–Kier alpha value is -3.75. The number of nitrogens with one attached hydrogen (secondary N) is 1. The average molecular weight is 411 g/mol. The van der Waals surface area contributed by atoms with Crippen molar-refractivity contribution in [3.63, 3.8) is 0 Å². The first-order valence-electron chi connectivity index (χ1n) is 9.34. The number of hydrogen-bond acceptors (Lipinski definition) is 6. The zero-order valence-corrected chi connectivity index (χ0v) is 16.7. The number of anilines is 1. The van der Waals surface area contributed by atoms with Crippen molar-refractivity contribution in [3.05, 3.63) is 63.7 Å². The van der Waals surface area contributed by atoms with E-state index in [1.165, 1.54) is 25.3 Å². The first-order chi connectivity index (χ1) is 14.2. The van der Waals surface area contributed by atoms with E-state index in [0.29, 0.717) is 0 Å². The van der Waals surface area contributed by atoms with Crippen LogP contribution in [0.15, 0.2) is 42.5 Å². The summed E-state index contributed by atoms with van der Waals surface area (Å²) >= 11 is 0. The van der Waals surface area contributed by atoms with Gasteiger partial charge in [0.25, 0.3) is 17.5 Å². The highest BCUT2D eigenvalue weighted by Gasteiger charge is 2.42. The number of ether oxygens (including phenoxy) is 1. The molecule has 1 aliphatic heterocycles. The Balaban J connectivity index is 1.95. The van der Waals surface area contributed by atoms with Gasteiger partial charge in [-0.05, 0) is 30.5 Å². The van der Waals surface area contributed by atoms with Gasteiger partial charge in [0, 0.05) is 12.1 Å². The van der Waals surface area contributed by atoms with Crippen LogP contribution in [0, 0.1) is 16.0 Å². The van der Waals surface area contributed by atoms with Gasteiger partial charge >= 0.3 is 0 Å². The van der Waals surface area contributed by atoms with E-state index in [4.69, 9.17) is 4.74 Å². The molecular formula is C21H21N3O6. The summed E-state index contributed by atoms with van der Waals surface area (Å²) in [5.41, 5.74) is 0.350. The van der Waals surface area contributed by atoms with E-state index < -0.39 is 28.7 Å². The van der Waals surface area contributed by atoms with Crippen LogP contribution in [-0.2, 0) is 4.79 Å². The van der Waals surface area contributed by atoms with Crippen LogP contribution in [0.2, 0.25) is 0 Å². The second-order valence-corrected chi connectivity index (χ2v) is 7.30. The van der Waals surface area contributed by atoms with Gasteiger partial charge in [-0.3, -0.25) is 29.4 Å². The number of imide groups is 1. The number of carbonyl (C=O) groups is 3. The molecule has 30 heavy (non-hydrogen) atoms. The van der Waals surface area contributed by atoms with E-state index in [1.807, 2.05) is 13.8 Å². The van der Waals surface area contributed by atoms with Crippen LogP contribution in [0.1, 0.15) is 41.0 Å². The third kappa shape index (κ3) is 3.86. The number of nitrogens with zero attached hydrogens (tertiary/aromatic N) is 2. The second-order valence-electron chi connectivity index (χ2n) is 7.30. The molecule has 1 unspecified atom stereocenters. The summed E-state index contributed by atoms with van der Waals surface area (Å²) in [6, 6.07) is 9.11. The Bertz CT molecular complexity index is 998. The van der Waals surface area contributed by atoms with Gasteiger partial charge < -0.3 is 10.1 Å². The molecule has 0 aromatic heterocycles. The maximum atomic E-state index is 13.1. The van der Waals surface area contributed by atoms with E-state index in [2.05, 4.69) is 5.32 Å². The number of rotatable bonds is 7. The maximum Gasteiger partial charge on any atom is 0.271 e. The van der Waals surface area contributed by atoms with Gasteiger partial charge in [-0.25, -0.2) is 0 Å². The molecule has 2 aromatic rings. The molecule has 3 rings (SSSR count). The summed E-state index contributed by atoms with van der Waals surface area (Å²) in [5, 5.41) is 13.7. The molecule has 156 valence electrons. The minimum absolute atomic E-state index is 0.00272. The molecule has 0 saturated heterocycles. The Morgan fingerprint density at radius 3 is 2.23 bits per heavy atom. The Kier molecular flexibility index (Phi) is 5.81. The van der Waals surface area contributed by atoms with E-state index >= 15 is 0 Å². The van der Waals surface area contributed by atoms with Crippen LogP contribution in [0.25, 0.3) is 0 Å². The molecule has 0 spiro atoms. The number of methoxy groups -OCH3 is 1. The molecule has 3 amide bonds. The van der Waals surface area contributed by atoms with Crippen molar-refractivity contribution in [2.45, 2.75) is 26.3 Å². The molecule has 2 aromatic carbocycles.